The maximum atomic E-state index is 5.06. The predicted octanol–water partition coefficient (Wildman–Crippen LogP) is 4.18. The van der Waals surface area contributed by atoms with Crippen LogP contribution in [0.15, 0.2) is 35.3 Å². The summed E-state index contributed by atoms with van der Waals surface area (Å²) in [6.45, 7) is 6.47. The number of hydrogen-bond donors (Lipinski definition) is 1. The molecule has 2 saturated carbocycles. The second kappa shape index (κ2) is 7.22. The van der Waals surface area contributed by atoms with Crippen LogP contribution in [-0.4, -0.2) is 37.0 Å². The number of aliphatic imine (C=N–C) groups is 1. The van der Waals surface area contributed by atoms with Crippen LogP contribution < -0.4 is 5.32 Å². The summed E-state index contributed by atoms with van der Waals surface area (Å²) in [7, 11) is 0. The SMILES string of the molecule is CCNC(=NCC1(c2ccccc2)CC1)N1CCC2(CCC2)C1.I. The summed E-state index contributed by atoms with van der Waals surface area (Å²) in [5, 5.41) is 3.54. The molecular weight excluding hydrogens is 409 g/mol. The van der Waals surface area contributed by atoms with Crippen LogP contribution in [0.4, 0.5) is 0 Å². The lowest BCUT2D eigenvalue weighted by Crippen LogP contribution is -2.43. The molecule has 1 N–H and O–H groups in total. The number of guanidine groups is 1. The molecule has 3 nitrogen and oxygen atoms in total. The molecule has 132 valence electrons. The van der Waals surface area contributed by atoms with Crippen molar-refractivity contribution in [1.29, 1.82) is 0 Å². The van der Waals surface area contributed by atoms with Crippen molar-refractivity contribution in [1.82, 2.24) is 10.2 Å². The van der Waals surface area contributed by atoms with Crippen molar-refractivity contribution >= 4 is 29.9 Å². The Morgan fingerprint density at radius 1 is 1.12 bits per heavy atom. The van der Waals surface area contributed by atoms with Gasteiger partial charge >= 0.3 is 0 Å². The fourth-order valence-electron chi connectivity index (χ4n) is 4.33. The molecule has 1 aromatic carbocycles. The molecule has 1 aromatic rings. The van der Waals surface area contributed by atoms with E-state index >= 15 is 0 Å². The van der Waals surface area contributed by atoms with Gasteiger partial charge in [0.15, 0.2) is 5.96 Å². The normalized spacial score (nSPS) is 23.5. The topological polar surface area (TPSA) is 27.6 Å². The maximum absolute atomic E-state index is 5.06. The summed E-state index contributed by atoms with van der Waals surface area (Å²) in [5.41, 5.74) is 2.42. The molecule has 0 unspecified atom stereocenters. The van der Waals surface area contributed by atoms with Crippen molar-refractivity contribution in [3.05, 3.63) is 35.9 Å². The first-order valence-corrected chi connectivity index (χ1v) is 9.34. The van der Waals surface area contributed by atoms with Gasteiger partial charge in [-0.25, -0.2) is 0 Å². The molecule has 1 spiro atoms. The summed E-state index contributed by atoms with van der Waals surface area (Å²) >= 11 is 0. The fraction of sp³-hybridized carbons (Fsp3) is 0.650. The standard InChI is InChI=1S/C20H29N3.HI/c1-2-21-18(23-14-13-19(16-23)9-6-10-19)22-15-20(11-12-20)17-7-4-3-5-8-17;/h3-5,7-8H,2,6,9-16H2,1H3,(H,21,22);1H. The molecule has 4 heteroatoms. The summed E-state index contributed by atoms with van der Waals surface area (Å²) in [6, 6.07) is 11.0. The summed E-state index contributed by atoms with van der Waals surface area (Å²) in [5.74, 6) is 1.15. The summed E-state index contributed by atoms with van der Waals surface area (Å²) in [4.78, 5) is 7.58. The van der Waals surface area contributed by atoms with Crippen molar-refractivity contribution in [2.24, 2.45) is 10.4 Å². The van der Waals surface area contributed by atoms with E-state index in [2.05, 4.69) is 47.5 Å². The molecule has 4 rings (SSSR count). The minimum absolute atomic E-state index is 0. The van der Waals surface area contributed by atoms with E-state index in [1.807, 2.05) is 0 Å². The average Bonchev–Trinajstić information content (AvgIpc) is 3.20. The molecule has 0 radical (unpaired) electrons. The van der Waals surface area contributed by atoms with E-state index in [0.29, 0.717) is 10.8 Å². The fourth-order valence-corrected chi connectivity index (χ4v) is 4.33. The van der Waals surface area contributed by atoms with Gasteiger partial charge in [-0.05, 0) is 50.0 Å². The Morgan fingerprint density at radius 3 is 2.42 bits per heavy atom. The number of likely N-dealkylation sites (tertiary alicyclic amines) is 1. The molecule has 0 bridgehead atoms. The van der Waals surface area contributed by atoms with Crippen LogP contribution in [0.25, 0.3) is 0 Å². The molecular formula is C20H30IN3. The van der Waals surface area contributed by atoms with Gasteiger partial charge in [-0.15, -0.1) is 24.0 Å². The highest BCUT2D eigenvalue weighted by atomic mass is 127. The van der Waals surface area contributed by atoms with E-state index < -0.39 is 0 Å². The van der Waals surface area contributed by atoms with E-state index in [9.17, 15) is 0 Å². The van der Waals surface area contributed by atoms with Crippen LogP contribution in [0.2, 0.25) is 0 Å². The number of nitrogens with one attached hydrogen (secondary N) is 1. The van der Waals surface area contributed by atoms with Gasteiger partial charge in [0.25, 0.3) is 0 Å². The lowest BCUT2D eigenvalue weighted by Gasteiger charge is -2.38. The van der Waals surface area contributed by atoms with Crippen molar-refractivity contribution in [3.8, 4) is 0 Å². The Morgan fingerprint density at radius 2 is 1.88 bits per heavy atom. The van der Waals surface area contributed by atoms with Gasteiger partial charge in [-0.2, -0.15) is 0 Å². The smallest absolute Gasteiger partial charge is 0.193 e. The van der Waals surface area contributed by atoms with Gasteiger partial charge in [0.2, 0.25) is 0 Å². The molecule has 1 aliphatic heterocycles. The van der Waals surface area contributed by atoms with E-state index in [1.165, 1.54) is 57.2 Å². The Labute approximate surface area is 163 Å². The van der Waals surface area contributed by atoms with Gasteiger partial charge < -0.3 is 10.2 Å². The van der Waals surface area contributed by atoms with Crippen LogP contribution >= 0.6 is 24.0 Å². The van der Waals surface area contributed by atoms with Crippen LogP contribution in [0.3, 0.4) is 0 Å². The minimum atomic E-state index is 0. The first-order chi connectivity index (χ1) is 11.3. The lowest BCUT2D eigenvalue weighted by molar-refractivity contribution is 0.151. The monoisotopic (exact) mass is 439 g/mol. The zero-order valence-corrected chi connectivity index (χ0v) is 17.1. The second-order valence-corrected chi connectivity index (χ2v) is 7.84. The Bertz CT molecular complexity index is 576. The van der Waals surface area contributed by atoms with E-state index in [-0.39, 0.29) is 24.0 Å². The van der Waals surface area contributed by atoms with Crippen molar-refractivity contribution in [3.63, 3.8) is 0 Å². The Hall–Kier alpha value is -0.780. The number of hydrogen-bond acceptors (Lipinski definition) is 1. The summed E-state index contributed by atoms with van der Waals surface area (Å²) < 4.78 is 0. The molecule has 0 amide bonds. The molecule has 0 atom stereocenters. The molecule has 3 aliphatic rings. The van der Waals surface area contributed by atoms with Crippen LogP contribution in [0, 0.1) is 5.41 Å². The zero-order valence-electron chi connectivity index (χ0n) is 14.8. The predicted molar refractivity (Wildman–Crippen MR) is 111 cm³/mol. The van der Waals surface area contributed by atoms with Gasteiger partial charge in [-0.1, -0.05) is 36.8 Å². The molecule has 2 aliphatic carbocycles. The van der Waals surface area contributed by atoms with Crippen LogP contribution in [0.1, 0.15) is 51.0 Å². The Balaban J connectivity index is 0.00000169. The molecule has 0 aromatic heterocycles. The number of benzene rings is 1. The number of rotatable bonds is 4. The van der Waals surface area contributed by atoms with E-state index in [0.717, 1.165) is 19.0 Å². The zero-order chi connectivity index (χ0) is 15.8. The molecule has 1 heterocycles. The van der Waals surface area contributed by atoms with Crippen molar-refractivity contribution in [2.75, 3.05) is 26.2 Å². The van der Waals surface area contributed by atoms with E-state index in [1.54, 1.807) is 0 Å². The quantitative estimate of drug-likeness (QED) is 0.433. The first-order valence-electron chi connectivity index (χ1n) is 9.34. The lowest BCUT2D eigenvalue weighted by atomic mass is 9.68. The molecule has 24 heavy (non-hydrogen) atoms. The third kappa shape index (κ3) is 3.44. The molecule has 3 fully saturated rings. The van der Waals surface area contributed by atoms with Crippen LogP contribution in [-0.2, 0) is 5.41 Å². The van der Waals surface area contributed by atoms with E-state index in [4.69, 9.17) is 4.99 Å². The maximum Gasteiger partial charge on any atom is 0.193 e. The second-order valence-electron chi connectivity index (χ2n) is 7.84. The number of nitrogens with zero attached hydrogens (tertiary/aromatic N) is 2. The van der Waals surface area contributed by atoms with Crippen LogP contribution in [0.5, 0.6) is 0 Å². The number of halogens is 1. The van der Waals surface area contributed by atoms with Gasteiger partial charge in [-0.3, -0.25) is 4.99 Å². The third-order valence-corrected chi connectivity index (χ3v) is 6.26. The first kappa shape index (κ1) is 18.0. The minimum Gasteiger partial charge on any atom is -0.357 e. The van der Waals surface area contributed by atoms with Gasteiger partial charge in [0.05, 0.1) is 6.54 Å². The van der Waals surface area contributed by atoms with Gasteiger partial charge in [0, 0.05) is 25.0 Å². The molecule has 1 saturated heterocycles. The summed E-state index contributed by atoms with van der Waals surface area (Å²) in [6.07, 6.45) is 8.21. The third-order valence-electron chi connectivity index (χ3n) is 6.26. The highest BCUT2D eigenvalue weighted by Gasteiger charge is 2.45. The Kier molecular flexibility index (Phi) is 5.42. The highest BCUT2D eigenvalue weighted by Crippen LogP contribution is 2.49. The highest BCUT2D eigenvalue weighted by molar-refractivity contribution is 14.0. The largest absolute Gasteiger partial charge is 0.357 e. The van der Waals surface area contributed by atoms with Gasteiger partial charge in [0.1, 0.15) is 0 Å². The van der Waals surface area contributed by atoms with Crippen molar-refractivity contribution in [2.45, 2.75) is 50.9 Å². The average molecular weight is 439 g/mol. The van der Waals surface area contributed by atoms with Crippen molar-refractivity contribution < 1.29 is 0 Å².